The first-order valence-corrected chi connectivity index (χ1v) is 8.62. The molecule has 1 N–H and O–H groups in total. The van der Waals surface area contributed by atoms with E-state index in [9.17, 15) is 9.90 Å². The van der Waals surface area contributed by atoms with E-state index in [1.807, 2.05) is 26.8 Å². The van der Waals surface area contributed by atoms with E-state index in [2.05, 4.69) is 6.07 Å². The number of ether oxygens (including phenoxy) is 2. The molecule has 4 nitrogen and oxygen atoms in total. The third-order valence-electron chi connectivity index (χ3n) is 5.48. The quantitative estimate of drug-likeness (QED) is 0.851. The van der Waals surface area contributed by atoms with Crippen molar-refractivity contribution >= 4 is 11.5 Å². The van der Waals surface area contributed by atoms with Crippen LogP contribution >= 0.6 is 0 Å². The second kappa shape index (κ2) is 6.25. The molecule has 1 fully saturated rings. The summed E-state index contributed by atoms with van der Waals surface area (Å²) in [6.07, 6.45) is 3.27. The van der Waals surface area contributed by atoms with Crippen LogP contribution < -0.4 is 0 Å². The lowest BCUT2D eigenvalue weighted by Gasteiger charge is -2.36. The van der Waals surface area contributed by atoms with Crippen molar-refractivity contribution in [1.29, 1.82) is 0 Å². The molecular formula is C20H26O4. The van der Waals surface area contributed by atoms with Gasteiger partial charge in [0.25, 0.3) is 0 Å². The molecule has 1 aliphatic carbocycles. The number of esters is 1. The van der Waals surface area contributed by atoms with Crippen LogP contribution in [-0.2, 0) is 14.3 Å². The summed E-state index contributed by atoms with van der Waals surface area (Å²) in [6, 6.07) is 4.03. The summed E-state index contributed by atoms with van der Waals surface area (Å²) >= 11 is 0. The standard InChI is InChI=1S/C20H26O4/c1-12-8-14(3)16(9-13(12)2)17-18(21)20(24-19(17)22)7-5-6-15(10-20)11-23-4/h8-9,15,21H,5-7,10-11H2,1-4H3. The Bertz CT molecular complexity index is 702. The van der Waals surface area contributed by atoms with Crippen LogP contribution in [0.1, 0.15) is 47.9 Å². The van der Waals surface area contributed by atoms with Gasteiger partial charge in [0.1, 0.15) is 5.57 Å². The molecule has 2 unspecified atom stereocenters. The minimum absolute atomic E-state index is 0.111. The third-order valence-corrected chi connectivity index (χ3v) is 5.48. The van der Waals surface area contributed by atoms with Crippen molar-refractivity contribution in [1.82, 2.24) is 0 Å². The lowest BCUT2D eigenvalue weighted by Crippen LogP contribution is -2.39. The number of aryl methyl sites for hydroxylation is 3. The maximum absolute atomic E-state index is 12.6. The summed E-state index contributed by atoms with van der Waals surface area (Å²) in [4.78, 5) is 12.6. The van der Waals surface area contributed by atoms with E-state index in [-0.39, 0.29) is 5.76 Å². The van der Waals surface area contributed by atoms with Crippen molar-refractivity contribution in [2.75, 3.05) is 13.7 Å². The highest BCUT2D eigenvalue weighted by Crippen LogP contribution is 2.47. The Balaban J connectivity index is 2.03. The fourth-order valence-corrected chi connectivity index (χ4v) is 4.10. The molecule has 1 aliphatic heterocycles. The number of methoxy groups -OCH3 is 1. The van der Waals surface area contributed by atoms with Gasteiger partial charge in [-0.25, -0.2) is 4.79 Å². The molecule has 0 amide bonds. The normalized spacial score (nSPS) is 27.0. The number of aliphatic hydroxyl groups excluding tert-OH is 1. The van der Waals surface area contributed by atoms with Gasteiger partial charge in [0.15, 0.2) is 11.4 Å². The van der Waals surface area contributed by atoms with Crippen molar-refractivity contribution in [2.24, 2.45) is 5.92 Å². The first-order valence-electron chi connectivity index (χ1n) is 8.62. The van der Waals surface area contributed by atoms with E-state index in [0.717, 1.165) is 29.5 Å². The molecule has 1 aromatic carbocycles. The Kier molecular flexibility index (Phi) is 4.43. The molecule has 2 atom stereocenters. The van der Waals surface area contributed by atoms with Gasteiger partial charge in [-0.05, 0) is 74.6 Å². The van der Waals surface area contributed by atoms with Gasteiger partial charge in [0.05, 0.1) is 0 Å². The van der Waals surface area contributed by atoms with Crippen LogP contribution in [0.5, 0.6) is 0 Å². The monoisotopic (exact) mass is 330 g/mol. The molecule has 1 saturated carbocycles. The highest BCUT2D eigenvalue weighted by atomic mass is 16.6. The predicted octanol–water partition coefficient (Wildman–Crippen LogP) is 4.01. The Hall–Kier alpha value is -1.81. The van der Waals surface area contributed by atoms with E-state index in [1.54, 1.807) is 7.11 Å². The zero-order valence-corrected chi connectivity index (χ0v) is 14.9. The number of hydrogen-bond donors (Lipinski definition) is 1. The number of carbonyl (C=O) groups is 1. The highest BCUT2D eigenvalue weighted by molar-refractivity contribution is 6.20. The van der Waals surface area contributed by atoms with Gasteiger partial charge >= 0.3 is 5.97 Å². The molecule has 0 saturated heterocycles. The van der Waals surface area contributed by atoms with Crippen molar-refractivity contribution in [2.45, 2.75) is 52.1 Å². The van der Waals surface area contributed by atoms with Crippen LogP contribution in [0.25, 0.3) is 5.57 Å². The molecule has 130 valence electrons. The number of aliphatic hydroxyl groups is 1. The van der Waals surface area contributed by atoms with Crippen molar-refractivity contribution in [3.63, 3.8) is 0 Å². The lowest BCUT2D eigenvalue weighted by atomic mass is 9.76. The average Bonchev–Trinajstić information content (AvgIpc) is 2.74. The average molecular weight is 330 g/mol. The summed E-state index contributed by atoms with van der Waals surface area (Å²) in [5.41, 5.74) is 3.53. The smallest absolute Gasteiger partial charge is 0.343 e. The minimum atomic E-state index is -0.862. The molecule has 24 heavy (non-hydrogen) atoms. The van der Waals surface area contributed by atoms with E-state index in [1.165, 1.54) is 5.56 Å². The minimum Gasteiger partial charge on any atom is -0.507 e. The second-order valence-corrected chi connectivity index (χ2v) is 7.28. The zero-order valence-electron chi connectivity index (χ0n) is 14.9. The van der Waals surface area contributed by atoms with Gasteiger partial charge in [0, 0.05) is 13.7 Å². The molecule has 1 aromatic rings. The van der Waals surface area contributed by atoms with Crippen molar-refractivity contribution < 1.29 is 19.4 Å². The predicted molar refractivity (Wildman–Crippen MR) is 92.9 cm³/mol. The largest absolute Gasteiger partial charge is 0.507 e. The summed E-state index contributed by atoms with van der Waals surface area (Å²) in [5, 5.41) is 11.0. The Morgan fingerprint density at radius 1 is 1.25 bits per heavy atom. The van der Waals surface area contributed by atoms with Gasteiger partial charge in [-0.15, -0.1) is 0 Å². The number of rotatable bonds is 3. The number of benzene rings is 1. The number of hydrogen-bond acceptors (Lipinski definition) is 4. The lowest BCUT2D eigenvalue weighted by molar-refractivity contribution is -0.151. The van der Waals surface area contributed by atoms with E-state index < -0.39 is 11.6 Å². The third kappa shape index (κ3) is 2.73. The molecule has 1 heterocycles. The van der Waals surface area contributed by atoms with Crippen LogP contribution in [0.15, 0.2) is 17.9 Å². The van der Waals surface area contributed by atoms with Crippen LogP contribution in [0.2, 0.25) is 0 Å². The second-order valence-electron chi connectivity index (χ2n) is 7.28. The highest BCUT2D eigenvalue weighted by Gasteiger charge is 2.51. The Labute approximate surface area is 143 Å². The first-order chi connectivity index (χ1) is 11.4. The Morgan fingerprint density at radius 2 is 1.96 bits per heavy atom. The Morgan fingerprint density at radius 3 is 2.67 bits per heavy atom. The summed E-state index contributed by atoms with van der Waals surface area (Å²) in [5.74, 6) is 0.00970. The molecule has 3 rings (SSSR count). The van der Waals surface area contributed by atoms with Crippen molar-refractivity contribution in [3.8, 4) is 0 Å². The maximum atomic E-state index is 12.6. The molecular weight excluding hydrogens is 304 g/mol. The van der Waals surface area contributed by atoms with E-state index in [0.29, 0.717) is 30.9 Å². The molecule has 1 spiro atoms. The molecule has 0 radical (unpaired) electrons. The summed E-state index contributed by atoms with van der Waals surface area (Å²) in [7, 11) is 1.68. The fraction of sp³-hybridized carbons (Fsp3) is 0.550. The maximum Gasteiger partial charge on any atom is 0.343 e. The van der Waals surface area contributed by atoms with Crippen LogP contribution in [0.4, 0.5) is 0 Å². The van der Waals surface area contributed by atoms with Crippen LogP contribution in [-0.4, -0.2) is 30.4 Å². The van der Waals surface area contributed by atoms with Gasteiger partial charge < -0.3 is 14.6 Å². The van der Waals surface area contributed by atoms with Crippen LogP contribution in [0.3, 0.4) is 0 Å². The first kappa shape index (κ1) is 17.0. The molecule has 4 heteroatoms. The van der Waals surface area contributed by atoms with Gasteiger partial charge in [0.2, 0.25) is 0 Å². The topological polar surface area (TPSA) is 55.8 Å². The molecule has 2 aliphatic rings. The summed E-state index contributed by atoms with van der Waals surface area (Å²) in [6.45, 7) is 6.66. The number of carbonyl (C=O) groups excluding carboxylic acids is 1. The van der Waals surface area contributed by atoms with Crippen LogP contribution in [0, 0.1) is 26.7 Å². The fourth-order valence-electron chi connectivity index (χ4n) is 4.10. The van der Waals surface area contributed by atoms with E-state index in [4.69, 9.17) is 9.47 Å². The zero-order chi connectivity index (χ0) is 17.5. The van der Waals surface area contributed by atoms with Gasteiger partial charge in [-0.2, -0.15) is 0 Å². The van der Waals surface area contributed by atoms with Gasteiger partial charge in [-0.1, -0.05) is 12.1 Å². The molecule has 0 bridgehead atoms. The SMILES string of the molecule is COCC1CCCC2(C1)OC(=O)C(c1cc(C)c(C)cc1C)=C2O. The van der Waals surface area contributed by atoms with Gasteiger partial charge in [-0.3, -0.25) is 0 Å². The molecule has 0 aromatic heterocycles. The van der Waals surface area contributed by atoms with Crippen molar-refractivity contribution in [3.05, 3.63) is 40.1 Å². The summed E-state index contributed by atoms with van der Waals surface area (Å²) < 4.78 is 11.0. The van der Waals surface area contributed by atoms with E-state index >= 15 is 0 Å².